The fourth-order valence-corrected chi connectivity index (χ4v) is 2.78. The summed E-state index contributed by atoms with van der Waals surface area (Å²) in [5.41, 5.74) is 1.06. The Morgan fingerprint density at radius 1 is 1.47 bits per heavy atom. The molecule has 19 heavy (non-hydrogen) atoms. The van der Waals surface area contributed by atoms with Crippen molar-refractivity contribution in [1.82, 2.24) is 5.32 Å². The van der Waals surface area contributed by atoms with Gasteiger partial charge in [0.2, 0.25) is 0 Å². The molecule has 0 aromatic heterocycles. The molecule has 1 N–H and O–H groups in total. The van der Waals surface area contributed by atoms with Gasteiger partial charge in [-0.3, -0.25) is 0 Å². The van der Waals surface area contributed by atoms with Crippen LogP contribution in [0.5, 0.6) is 0 Å². The number of ether oxygens (including phenoxy) is 1. The number of halogens is 1. The van der Waals surface area contributed by atoms with Gasteiger partial charge >= 0.3 is 0 Å². The van der Waals surface area contributed by atoms with Crippen molar-refractivity contribution in [2.24, 2.45) is 5.92 Å². The summed E-state index contributed by atoms with van der Waals surface area (Å²) < 4.78 is 18.9. The quantitative estimate of drug-likeness (QED) is 0.853. The van der Waals surface area contributed by atoms with Crippen LogP contribution in [0.1, 0.15) is 32.3 Å². The number of rotatable bonds is 6. The smallest absolute Gasteiger partial charge is 0.123 e. The Morgan fingerprint density at radius 2 is 2.32 bits per heavy atom. The predicted molar refractivity (Wildman–Crippen MR) is 75.7 cm³/mol. The Balaban J connectivity index is 2.00. The monoisotopic (exact) mass is 265 g/mol. The van der Waals surface area contributed by atoms with Gasteiger partial charge in [0.15, 0.2) is 0 Å². The Labute approximate surface area is 115 Å². The molecule has 2 nitrogen and oxygen atoms in total. The molecular weight excluding hydrogens is 241 g/mol. The molecule has 3 heteroatoms. The Bertz CT molecular complexity index is 396. The zero-order valence-electron chi connectivity index (χ0n) is 11.9. The number of hydrogen-bond acceptors (Lipinski definition) is 2. The van der Waals surface area contributed by atoms with Crippen molar-refractivity contribution in [2.45, 2.75) is 45.3 Å². The zero-order valence-corrected chi connectivity index (χ0v) is 11.9. The summed E-state index contributed by atoms with van der Waals surface area (Å²) >= 11 is 0. The maximum atomic E-state index is 13.3. The minimum absolute atomic E-state index is 0.150. The summed E-state index contributed by atoms with van der Waals surface area (Å²) in [5, 5.41) is 3.60. The van der Waals surface area contributed by atoms with E-state index in [0.29, 0.717) is 18.1 Å². The van der Waals surface area contributed by atoms with Crippen LogP contribution in [0, 0.1) is 11.7 Å². The molecule has 0 saturated carbocycles. The van der Waals surface area contributed by atoms with Crippen LogP contribution >= 0.6 is 0 Å². The van der Waals surface area contributed by atoms with Gasteiger partial charge in [-0.05, 0) is 50.4 Å². The van der Waals surface area contributed by atoms with Gasteiger partial charge < -0.3 is 10.1 Å². The normalized spacial score (nSPS) is 24.6. The summed E-state index contributed by atoms with van der Waals surface area (Å²) in [6, 6.07) is 7.31. The van der Waals surface area contributed by atoms with Crippen LogP contribution in [-0.4, -0.2) is 25.3 Å². The first-order chi connectivity index (χ1) is 9.19. The van der Waals surface area contributed by atoms with Gasteiger partial charge in [-0.25, -0.2) is 4.39 Å². The van der Waals surface area contributed by atoms with Crippen LogP contribution in [0.2, 0.25) is 0 Å². The van der Waals surface area contributed by atoms with Gasteiger partial charge in [-0.15, -0.1) is 0 Å². The third kappa shape index (κ3) is 4.29. The minimum Gasteiger partial charge on any atom is -0.378 e. The third-order valence-corrected chi connectivity index (χ3v) is 3.80. The molecule has 3 unspecified atom stereocenters. The molecule has 2 rings (SSSR count). The SMILES string of the molecule is CCCNC(Cc1cccc(F)c1)C1COC(C)C1. The fourth-order valence-electron chi connectivity index (χ4n) is 2.78. The van der Waals surface area contributed by atoms with Crippen molar-refractivity contribution >= 4 is 0 Å². The second kappa shape index (κ2) is 7.01. The van der Waals surface area contributed by atoms with E-state index in [0.717, 1.165) is 38.0 Å². The molecular formula is C16H24FNO. The predicted octanol–water partition coefficient (Wildman–Crippen LogP) is 3.16. The van der Waals surface area contributed by atoms with Gasteiger partial charge in [-0.2, -0.15) is 0 Å². The maximum Gasteiger partial charge on any atom is 0.123 e. The average Bonchev–Trinajstić information content (AvgIpc) is 2.81. The van der Waals surface area contributed by atoms with Crippen molar-refractivity contribution < 1.29 is 9.13 Å². The summed E-state index contributed by atoms with van der Waals surface area (Å²) in [6.45, 7) is 6.11. The Hall–Kier alpha value is -0.930. The van der Waals surface area contributed by atoms with Crippen LogP contribution in [0.3, 0.4) is 0 Å². The van der Waals surface area contributed by atoms with Gasteiger partial charge in [0.1, 0.15) is 5.82 Å². The van der Waals surface area contributed by atoms with Gasteiger partial charge in [0.25, 0.3) is 0 Å². The molecule has 1 aromatic carbocycles. The summed E-state index contributed by atoms with van der Waals surface area (Å²) in [7, 11) is 0. The van der Waals surface area contributed by atoms with Crippen LogP contribution in [0.25, 0.3) is 0 Å². The molecule has 1 heterocycles. The second-order valence-corrected chi connectivity index (χ2v) is 5.53. The highest BCUT2D eigenvalue weighted by atomic mass is 19.1. The molecule has 1 aromatic rings. The lowest BCUT2D eigenvalue weighted by Crippen LogP contribution is -2.39. The van der Waals surface area contributed by atoms with Crippen molar-refractivity contribution in [3.8, 4) is 0 Å². The molecule has 0 spiro atoms. The van der Waals surface area contributed by atoms with E-state index >= 15 is 0 Å². The molecule has 1 fully saturated rings. The molecule has 1 aliphatic rings. The van der Waals surface area contributed by atoms with Gasteiger partial charge in [0, 0.05) is 12.0 Å². The van der Waals surface area contributed by atoms with E-state index < -0.39 is 0 Å². The van der Waals surface area contributed by atoms with Crippen LogP contribution in [0.4, 0.5) is 4.39 Å². The second-order valence-electron chi connectivity index (χ2n) is 5.53. The van der Waals surface area contributed by atoms with E-state index in [1.54, 1.807) is 12.1 Å². The van der Waals surface area contributed by atoms with Gasteiger partial charge in [0.05, 0.1) is 12.7 Å². The zero-order chi connectivity index (χ0) is 13.7. The fraction of sp³-hybridized carbons (Fsp3) is 0.625. The molecule has 0 bridgehead atoms. The van der Waals surface area contributed by atoms with E-state index in [1.807, 2.05) is 6.07 Å². The summed E-state index contributed by atoms with van der Waals surface area (Å²) in [6.07, 6.45) is 3.43. The Kier molecular flexibility index (Phi) is 5.34. The Morgan fingerprint density at radius 3 is 2.95 bits per heavy atom. The van der Waals surface area contributed by atoms with E-state index in [4.69, 9.17) is 4.74 Å². The highest BCUT2D eigenvalue weighted by Gasteiger charge is 2.29. The topological polar surface area (TPSA) is 21.3 Å². The van der Waals surface area contributed by atoms with E-state index in [2.05, 4.69) is 19.2 Å². The van der Waals surface area contributed by atoms with Crippen LogP contribution in [-0.2, 0) is 11.2 Å². The molecule has 106 valence electrons. The average molecular weight is 265 g/mol. The molecule has 0 aliphatic carbocycles. The van der Waals surface area contributed by atoms with E-state index in [9.17, 15) is 4.39 Å². The maximum absolute atomic E-state index is 13.3. The molecule has 0 radical (unpaired) electrons. The van der Waals surface area contributed by atoms with Crippen molar-refractivity contribution in [1.29, 1.82) is 0 Å². The number of nitrogens with one attached hydrogen (secondary N) is 1. The third-order valence-electron chi connectivity index (χ3n) is 3.80. The number of hydrogen-bond donors (Lipinski definition) is 1. The first-order valence-electron chi connectivity index (χ1n) is 7.28. The molecule has 1 aliphatic heterocycles. The lowest BCUT2D eigenvalue weighted by Gasteiger charge is -2.24. The highest BCUT2D eigenvalue weighted by Crippen LogP contribution is 2.24. The highest BCUT2D eigenvalue weighted by molar-refractivity contribution is 5.17. The molecule has 0 amide bonds. The molecule has 1 saturated heterocycles. The van der Waals surface area contributed by atoms with E-state index in [1.165, 1.54) is 6.07 Å². The van der Waals surface area contributed by atoms with Crippen molar-refractivity contribution in [2.75, 3.05) is 13.2 Å². The lowest BCUT2D eigenvalue weighted by atomic mass is 9.91. The van der Waals surface area contributed by atoms with Crippen LogP contribution < -0.4 is 5.32 Å². The number of benzene rings is 1. The lowest BCUT2D eigenvalue weighted by molar-refractivity contribution is 0.117. The molecule has 3 atom stereocenters. The van der Waals surface area contributed by atoms with Crippen molar-refractivity contribution in [3.05, 3.63) is 35.6 Å². The standard InChI is InChI=1S/C16H24FNO/c1-3-7-18-16(14-8-12(2)19-11-14)10-13-5-4-6-15(17)9-13/h4-6,9,12,14,16,18H,3,7-8,10-11H2,1-2H3. The van der Waals surface area contributed by atoms with Crippen molar-refractivity contribution in [3.63, 3.8) is 0 Å². The van der Waals surface area contributed by atoms with E-state index in [-0.39, 0.29) is 5.82 Å². The summed E-state index contributed by atoms with van der Waals surface area (Å²) in [4.78, 5) is 0. The van der Waals surface area contributed by atoms with Crippen LogP contribution in [0.15, 0.2) is 24.3 Å². The van der Waals surface area contributed by atoms with Gasteiger partial charge in [-0.1, -0.05) is 19.1 Å². The summed E-state index contributed by atoms with van der Waals surface area (Å²) in [5.74, 6) is 0.382. The first kappa shape index (κ1) is 14.5. The largest absolute Gasteiger partial charge is 0.378 e. The minimum atomic E-state index is -0.150. The first-order valence-corrected chi connectivity index (χ1v) is 7.28.